The number of hydrogen-bond donors (Lipinski definition) is 2. The number of fused-ring (bicyclic) bond motifs is 3. The van der Waals surface area contributed by atoms with E-state index >= 15 is 0 Å². The van der Waals surface area contributed by atoms with Gasteiger partial charge in [-0.2, -0.15) is 0 Å². The van der Waals surface area contributed by atoms with Crippen LogP contribution in [0.5, 0.6) is 5.75 Å². The fourth-order valence-corrected chi connectivity index (χ4v) is 7.39. The fraction of sp³-hybridized carbons (Fsp3) is 0.556. The van der Waals surface area contributed by atoms with Crippen LogP contribution in [0.3, 0.4) is 0 Å². The van der Waals surface area contributed by atoms with E-state index < -0.39 is 53.6 Å². The number of methoxy groups -OCH3 is 1. The summed E-state index contributed by atoms with van der Waals surface area (Å²) in [6.45, 7) is 1.77. The van der Waals surface area contributed by atoms with Crippen LogP contribution in [0.2, 0.25) is 0 Å². The Labute approximate surface area is 313 Å². The molecule has 3 heterocycles. The number of carboxylic acids is 1. The second-order valence-electron chi connectivity index (χ2n) is 13.6. The van der Waals surface area contributed by atoms with Gasteiger partial charge in [-0.1, -0.05) is 37.1 Å². The van der Waals surface area contributed by atoms with Crippen molar-refractivity contribution in [3.63, 3.8) is 0 Å². The van der Waals surface area contributed by atoms with Crippen LogP contribution < -0.4 is 50.0 Å². The predicted octanol–water partition coefficient (Wildman–Crippen LogP) is -0.135. The number of nitrogens with zero attached hydrogens (tertiary/aromatic N) is 2. The quantitative estimate of drug-likeness (QED) is 0.235. The molecule has 2 aliphatic heterocycles. The second kappa shape index (κ2) is 16.1. The number of carbonyl (C=O) groups excluding carboxylic acids is 5. The van der Waals surface area contributed by atoms with Crippen LogP contribution >= 0.6 is 0 Å². The minimum absolute atomic E-state index is 0. The Bertz CT molecular complexity index is 1660. The van der Waals surface area contributed by atoms with Crippen molar-refractivity contribution in [1.29, 1.82) is 0 Å². The predicted molar refractivity (Wildman–Crippen MR) is 174 cm³/mol. The molecule has 2 aliphatic carbocycles. The Morgan fingerprint density at radius 3 is 2.56 bits per heavy atom. The van der Waals surface area contributed by atoms with Gasteiger partial charge in [-0.15, -0.1) is 0 Å². The van der Waals surface area contributed by atoms with Gasteiger partial charge in [0.15, 0.2) is 0 Å². The van der Waals surface area contributed by atoms with E-state index in [1.807, 2.05) is 12.2 Å². The van der Waals surface area contributed by atoms with Crippen LogP contribution in [0.4, 0.5) is 4.79 Å². The molecule has 4 aliphatic rings. The first kappa shape index (κ1) is 37.6. The number of aryl methyl sites for hydroxylation is 1. The monoisotopic (exact) mass is 698 g/mol. The Morgan fingerprint density at radius 2 is 1.82 bits per heavy atom. The van der Waals surface area contributed by atoms with Gasteiger partial charge in [0.25, 0.3) is 0 Å². The Balaban J connectivity index is 0.00000486. The number of aromatic carboxylic acids is 1. The molecule has 0 spiro atoms. The number of carboxylic acid groups (broad SMARTS) is 1. The molecule has 6 rings (SSSR count). The average Bonchev–Trinajstić information content (AvgIpc) is 3.36. The van der Waals surface area contributed by atoms with Crippen LogP contribution in [-0.2, 0) is 23.9 Å². The van der Waals surface area contributed by atoms with Gasteiger partial charge in [-0.25, -0.2) is 14.6 Å². The van der Waals surface area contributed by atoms with Gasteiger partial charge >= 0.3 is 41.6 Å². The standard InChI is InChI=1S/C36H44N4O9.Na/c1-21-11-10-15-25-29(18-27(33(43)44)37-30(21)25)48-24-17-28-31(41)39-36(34(45)47-2)19-22(36)12-6-4-3-5-7-16-26(32(42)40(28)20-24)38-35(46)49-23-13-8-9-14-23;/h6,10-12,15,18,22-24,26,28H,3-5,7-9,13-14,16-17,19-20H2,1-2H3,(H,38,46)(H,39,41)(H,43,44);/q;+1/p-1/b12-6-;/t22?,24-,26+,28+,36-;/m1./s1. The minimum atomic E-state index is -1.47. The number of nitrogens with one attached hydrogen (secondary N) is 2. The van der Waals surface area contributed by atoms with E-state index in [-0.39, 0.29) is 66.0 Å². The van der Waals surface area contributed by atoms with Crippen molar-refractivity contribution >= 4 is 40.7 Å². The number of aromatic nitrogens is 1. The number of rotatable bonds is 6. The van der Waals surface area contributed by atoms with Gasteiger partial charge in [-0.3, -0.25) is 9.59 Å². The number of hydrogen-bond acceptors (Lipinski definition) is 10. The van der Waals surface area contributed by atoms with Gasteiger partial charge in [0.1, 0.15) is 35.6 Å². The minimum Gasteiger partial charge on any atom is -0.543 e. The molecule has 3 fully saturated rings. The Morgan fingerprint density at radius 1 is 1.06 bits per heavy atom. The van der Waals surface area contributed by atoms with E-state index in [1.54, 1.807) is 25.1 Å². The van der Waals surface area contributed by atoms with Gasteiger partial charge < -0.3 is 39.6 Å². The van der Waals surface area contributed by atoms with Crippen molar-refractivity contribution in [1.82, 2.24) is 20.5 Å². The van der Waals surface area contributed by atoms with E-state index in [0.29, 0.717) is 30.2 Å². The van der Waals surface area contributed by atoms with Gasteiger partial charge in [-0.05, 0) is 69.9 Å². The summed E-state index contributed by atoms with van der Waals surface area (Å²) in [6.07, 6.45) is 9.70. The number of ether oxygens (including phenoxy) is 3. The third-order valence-corrected chi connectivity index (χ3v) is 10.2. The van der Waals surface area contributed by atoms with Crippen LogP contribution in [-0.4, -0.2) is 83.2 Å². The first-order chi connectivity index (χ1) is 23.6. The number of pyridine rings is 1. The van der Waals surface area contributed by atoms with E-state index in [0.717, 1.165) is 50.5 Å². The number of benzene rings is 1. The van der Waals surface area contributed by atoms with Crippen LogP contribution in [0.15, 0.2) is 36.4 Å². The summed E-state index contributed by atoms with van der Waals surface area (Å²) < 4.78 is 17.1. The summed E-state index contributed by atoms with van der Waals surface area (Å²) in [6, 6.07) is 4.63. The first-order valence-corrected chi connectivity index (χ1v) is 17.2. The molecule has 262 valence electrons. The normalized spacial score (nSPS) is 27.8. The number of alkyl carbamates (subject to hydrolysis) is 1. The van der Waals surface area contributed by atoms with Crippen molar-refractivity contribution in [2.75, 3.05) is 13.7 Å². The van der Waals surface area contributed by atoms with Crippen molar-refractivity contribution in [3.8, 4) is 5.75 Å². The van der Waals surface area contributed by atoms with Crippen LogP contribution in [0, 0.1) is 12.8 Å². The molecule has 1 aromatic carbocycles. The van der Waals surface area contributed by atoms with Crippen LogP contribution in [0.1, 0.15) is 86.7 Å². The smallest absolute Gasteiger partial charge is 0.543 e. The SMILES string of the molecule is COC(=O)[C@@]12CC1/C=C\CCCCC[C@H](NC(=O)OC1CCCC1)C(=O)N1C[C@H](Oc3cc(C(=O)[O-])nc4c(C)cccc34)C[C@H]1C(=O)N2.[Na+]. The number of amides is 3. The molecule has 3 amide bonds. The van der Waals surface area contributed by atoms with Crippen LogP contribution in [0.25, 0.3) is 10.9 Å². The average molecular weight is 699 g/mol. The molecule has 1 saturated heterocycles. The summed E-state index contributed by atoms with van der Waals surface area (Å²) in [4.78, 5) is 72.0. The third kappa shape index (κ3) is 8.10. The van der Waals surface area contributed by atoms with Crippen molar-refractivity contribution < 1.29 is 72.8 Å². The molecule has 50 heavy (non-hydrogen) atoms. The molecule has 0 radical (unpaired) electrons. The summed E-state index contributed by atoms with van der Waals surface area (Å²) in [5.74, 6) is -3.07. The van der Waals surface area contributed by atoms with E-state index in [1.165, 1.54) is 18.1 Å². The summed E-state index contributed by atoms with van der Waals surface area (Å²) in [5, 5.41) is 18.1. The molecular weight excluding hydrogens is 655 g/mol. The molecular formula is C36H43N4NaO9. The molecule has 0 bridgehead atoms. The van der Waals surface area contributed by atoms with E-state index in [2.05, 4.69) is 15.6 Å². The Hall–Kier alpha value is -3.68. The zero-order chi connectivity index (χ0) is 34.7. The van der Waals surface area contributed by atoms with E-state index in [4.69, 9.17) is 14.2 Å². The van der Waals surface area contributed by atoms with Gasteiger partial charge in [0.2, 0.25) is 11.8 Å². The molecule has 1 unspecified atom stereocenters. The number of para-hydroxylation sites is 1. The molecule has 14 heteroatoms. The number of esters is 1. The Kier molecular flexibility index (Phi) is 12.1. The molecule has 2 aromatic rings. The molecule has 13 nitrogen and oxygen atoms in total. The largest absolute Gasteiger partial charge is 1.00 e. The number of carbonyl (C=O) groups is 5. The zero-order valence-corrected chi connectivity index (χ0v) is 30.9. The van der Waals surface area contributed by atoms with Crippen molar-refractivity contribution in [2.45, 2.75) is 107 Å². The summed E-state index contributed by atoms with van der Waals surface area (Å²) in [5.41, 5.74) is -0.394. The maximum atomic E-state index is 14.4. The maximum Gasteiger partial charge on any atom is 1.00 e. The van der Waals surface area contributed by atoms with Crippen molar-refractivity contribution in [3.05, 3.63) is 47.7 Å². The molecule has 2 saturated carbocycles. The van der Waals surface area contributed by atoms with E-state index in [9.17, 15) is 29.1 Å². The number of allylic oxidation sites excluding steroid dienone is 1. The molecule has 2 N–H and O–H groups in total. The van der Waals surface area contributed by atoms with Gasteiger partial charge in [0.05, 0.1) is 30.8 Å². The summed E-state index contributed by atoms with van der Waals surface area (Å²) >= 11 is 0. The van der Waals surface area contributed by atoms with Gasteiger partial charge in [0, 0.05) is 23.8 Å². The maximum absolute atomic E-state index is 14.4. The molecule has 5 atom stereocenters. The fourth-order valence-electron chi connectivity index (χ4n) is 7.39. The zero-order valence-electron chi connectivity index (χ0n) is 28.9. The summed E-state index contributed by atoms with van der Waals surface area (Å²) in [7, 11) is 1.27. The first-order valence-electron chi connectivity index (χ1n) is 17.2. The van der Waals surface area contributed by atoms with Crippen molar-refractivity contribution in [2.24, 2.45) is 5.92 Å². The third-order valence-electron chi connectivity index (χ3n) is 10.2. The second-order valence-corrected chi connectivity index (χ2v) is 13.6. The topological polar surface area (TPSA) is 176 Å². The molecule has 1 aromatic heterocycles.